The van der Waals surface area contributed by atoms with E-state index in [1.807, 2.05) is 13.8 Å². The molecule has 560 valence electrons. The highest BCUT2D eigenvalue weighted by molar-refractivity contribution is 8.77. The van der Waals surface area contributed by atoms with E-state index in [9.17, 15) is 67.4 Å². The third kappa shape index (κ3) is 45.2. The Kier molecular flexibility index (Phi) is 53.4. The van der Waals surface area contributed by atoms with E-state index in [-0.39, 0.29) is 217 Å². The van der Waals surface area contributed by atoms with E-state index < -0.39 is 62.7 Å². The van der Waals surface area contributed by atoms with Gasteiger partial charge in [0.05, 0.1) is 31.7 Å². The summed E-state index contributed by atoms with van der Waals surface area (Å²) < 4.78 is 31.1. The Labute approximate surface area is 608 Å². The number of nitrogens with one attached hydrogen (secondary N) is 3. The molecular formula is C69H113N3O19S7. The second kappa shape index (κ2) is 57.4. The largest absolute Gasteiger partial charge is 0.481 e. The van der Waals surface area contributed by atoms with Gasteiger partial charge in [0.25, 0.3) is 0 Å². The zero-order valence-electron chi connectivity index (χ0n) is 58.4. The van der Waals surface area contributed by atoms with Gasteiger partial charge in [-0.3, -0.25) is 62.3 Å². The molecule has 0 saturated carbocycles. The van der Waals surface area contributed by atoms with Crippen LogP contribution < -0.4 is 10.6 Å². The van der Waals surface area contributed by atoms with Crippen LogP contribution in [0.3, 0.4) is 0 Å². The highest BCUT2D eigenvalue weighted by atomic mass is 33.1. The molecule has 2 aliphatic rings. The molecule has 22 nitrogen and oxygen atoms in total. The summed E-state index contributed by atoms with van der Waals surface area (Å²) in [5.74, 6) is -5.47. The van der Waals surface area contributed by atoms with Crippen LogP contribution in [-0.2, 0) is 92.0 Å². The molecule has 5 N–H and O–H groups in total. The molecule has 29 heteroatoms. The van der Waals surface area contributed by atoms with Crippen molar-refractivity contribution in [3.63, 3.8) is 0 Å². The fraction of sp³-hybridized carbons (Fsp3) is 0.812. The molecule has 2 fully saturated rings. The van der Waals surface area contributed by atoms with Crippen molar-refractivity contribution in [2.45, 2.75) is 225 Å². The third-order valence-corrected chi connectivity index (χ3v) is 26.8. The van der Waals surface area contributed by atoms with Gasteiger partial charge in [-0.25, -0.2) is 4.79 Å². The van der Waals surface area contributed by atoms with Crippen molar-refractivity contribution in [3.8, 4) is 0 Å². The number of ether oxygens (including phenoxy) is 4. The van der Waals surface area contributed by atoms with Crippen LogP contribution in [0.15, 0.2) is 0 Å². The Balaban J connectivity index is 1.66. The Morgan fingerprint density at radius 1 is 0.561 bits per heavy atom. The Morgan fingerprint density at radius 2 is 1.11 bits per heavy atom. The molecular weight excluding hydrogens is 1400 g/mol. The molecule has 0 aromatic heterocycles. The smallest absolute Gasteiger partial charge is 0.326 e. The average Bonchev–Trinajstić information content (AvgIpc) is 1.20. The van der Waals surface area contributed by atoms with Crippen molar-refractivity contribution >= 4 is 151 Å². The number of hydrogen-bond acceptors (Lipinski definition) is 24. The lowest BCUT2D eigenvalue weighted by Crippen LogP contribution is -2.41. The molecule has 0 radical (unpaired) electrons. The van der Waals surface area contributed by atoms with Crippen molar-refractivity contribution in [3.05, 3.63) is 0 Å². The summed E-state index contributed by atoms with van der Waals surface area (Å²) in [6, 6.07) is -1.13. The summed E-state index contributed by atoms with van der Waals surface area (Å²) in [5, 5.41) is 22.3. The topological polar surface area (TPSA) is 347 Å². The molecule has 0 aromatic rings. The van der Waals surface area contributed by atoms with Gasteiger partial charge in [-0.1, -0.05) is 162 Å². The van der Waals surface area contributed by atoms with E-state index in [1.54, 1.807) is 0 Å². The molecule has 2 aliphatic heterocycles. The van der Waals surface area contributed by atoms with Crippen LogP contribution in [0.1, 0.15) is 214 Å². The first kappa shape index (κ1) is 91.1. The highest BCUT2D eigenvalue weighted by Crippen LogP contribution is 2.37. The van der Waals surface area contributed by atoms with E-state index in [2.05, 4.69) is 10.6 Å². The maximum absolute atomic E-state index is 14.4. The van der Waals surface area contributed by atoms with E-state index in [1.165, 1.54) is 111 Å². The molecule has 2 heterocycles. The average molecular weight is 1510 g/mol. The van der Waals surface area contributed by atoms with Gasteiger partial charge in [-0.15, -0.1) is 0 Å². The monoisotopic (exact) mass is 1510 g/mol. The first-order valence-corrected chi connectivity index (χ1v) is 43.9. The number of ketones is 8. The number of Topliss-reactive ketones (excluding diaryl/α,β-unsaturated/α-hetero) is 8. The summed E-state index contributed by atoms with van der Waals surface area (Å²) in [7, 11) is 6.53. The highest BCUT2D eigenvalue weighted by Gasteiger charge is 2.38. The van der Waals surface area contributed by atoms with E-state index in [0.717, 1.165) is 51.4 Å². The van der Waals surface area contributed by atoms with Crippen molar-refractivity contribution in [2.75, 3.05) is 93.9 Å². The molecule has 0 spiro atoms. The number of fused-ring (bicyclic) bond motifs is 3. The van der Waals surface area contributed by atoms with Crippen molar-refractivity contribution in [1.82, 2.24) is 10.6 Å². The summed E-state index contributed by atoms with van der Waals surface area (Å²) >= 11 is 0. The van der Waals surface area contributed by atoms with E-state index in [0.29, 0.717) is 49.4 Å². The number of carboxylic acids is 2. The van der Waals surface area contributed by atoms with Gasteiger partial charge in [-0.2, -0.15) is 0 Å². The lowest BCUT2D eigenvalue weighted by atomic mass is 9.84. The Hall–Kier alpha value is -3.00. The van der Waals surface area contributed by atoms with Gasteiger partial charge in [0.2, 0.25) is 16.9 Å². The summed E-state index contributed by atoms with van der Waals surface area (Å²) in [6.45, 7) is 7.84. The quantitative estimate of drug-likeness (QED) is 0.0279. The number of carboxylic acid groups (broad SMARTS) is 2. The maximum Gasteiger partial charge on any atom is 0.326 e. The predicted molar refractivity (Wildman–Crippen MR) is 395 cm³/mol. The molecule has 1 unspecified atom stereocenters. The van der Waals surface area contributed by atoms with E-state index >= 15 is 0 Å². The lowest BCUT2D eigenvalue weighted by Gasteiger charge is -2.25. The predicted octanol–water partition coefficient (Wildman–Crippen LogP) is 11.9. The molecule has 2 amide bonds. The summed E-state index contributed by atoms with van der Waals surface area (Å²) in [6.07, 6.45) is 17.4. The first-order chi connectivity index (χ1) is 47.0. The zero-order valence-corrected chi connectivity index (χ0v) is 64.1. The minimum absolute atomic E-state index is 0.0101. The van der Waals surface area contributed by atoms with Crippen LogP contribution >= 0.6 is 64.8 Å². The third-order valence-electron chi connectivity index (χ3n) is 17.0. The SMILES string of the molecule is CC(=O)[C@H](CSSC[C@H](C)C(C)=O)CC(=O)[C@@H]1CSSC[C@@H]2CC(=O)[C@@H](C)CSSC[C@@H](C(=O)C[C@@H](CCCCNC(=O)COCCOCCCC(=O)COCCOCCCC(=O)CC[C@H](NC(=O)CCCCCCCCCCCCCCCCC(=O)O)C(=O)O)C(=O)C1)S(=N)C2=O. The molecule has 0 aliphatic carbocycles. The van der Waals surface area contributed by atoms with Gasteiger partial charge in [0.15, 0.2) is 5.78 Å². The number of hydrogen-bond donors (Lipinski definition) is 5. The Morgan fingerprint density at radius 3 is 1.71 bits per heavy atom. The standard InChI is InChI=1S/C69H113N3O19S7/c1-49(51(3)73)43-92-94-45-54(52(4)74)38-62(79)55-39-61(78)53(37-63(80)64-48-97-93-44-50(2)60(77)40-56(47-96-95-46-55)69(87)98(64)70)23-19-20-30-71-66(82)42-91-36-34-89-32-22-25-58(76)41-90-35-33-88-31-21-24-57(75)28-29-59(68(85)86)72-65(81)26-17-15-13-11-9-7-5-6-8-10-12-14-16-18-27-67(83)84/h49-50,53-56,59,64,70H,5-48H2,1-4H3,(H,71,82)(H,72,81)(H,83,84)(H,85,86)/t49-,50-,53+,54-,55-,56-,59-,64-,98?/m0/s1. The van der Waals surface area contributed by atoms with Gasteiger partial charge in [-0.05, 0) is 69.5 Å². The fourth-order valence-corrected chi connectivity index (χ4v) is 20.7. The van der Waals surface area contributed by atoms with Crippen LogP contribution in [0, 0.1) is 40.3 Å². The Bertz CT molecular complexity index is 2480. The maximum atomic E-state index is 14.4. The number of aliphatic carboxylic acids is 2. The minimum Gasteiger partial charge on any atom is -0.481 e. The molecule has 0 aromatic carbocycles. The number of amides is 2. The zero-order chi connectivity index (χ0) is 72.3. The van der Waals surface area contributed by atoms with Gasteiger partial charge in [0, 0.05) is 148 Å². The van der Waals surface area contributed by atoms with Crippen LogP contribution in [0.2, 0.25) is 0 Å². The second-order valence-electron chi connectivity index (χ2n) is 25.6. The van der Waals surface area contributed by atoms with Gasteiger partial charge < -0.3 is 39.8 Å². The van der Waals surface area contributed by atoms with Crippen LogP contribution in [0.5, 0.6) is 0 Å². The van der Waals surface area contributed by atoms with Crippen molar-refractivity contribution < 1.29 is 91.5 Å². The van der Waals surface area contributed by atoms with Crippen LogP contribution in [0.4, 0.5) is 0 Å². The molecule has 9 atom stereocenters. The van der Waals surface area contributed by atoms with Gasteiger partial charge in [0.1, 0.15) is 59.7 Å². The van der Waals surface area contributed by atoms with Crippen molar-refractivity contribution in [2.24, 2.45) is 35.5 Å². The van der Waals surface area contributed by atoms with Crippen LogP contribution in [0.25, 0.3) is 0 Å². The van der Waals surface area contributed by atoms with Crippen molar-refractivity contribution in [1.29, 1.82) is 4.78 Å². The minimum atomic E-state index is -1.77. The van der Waals surface area contributed by atoms with Gasteiger partial charge >= 0.3 is 11.9 Å². The number of unbranched alkanes of at least 4 members (excludes halogenated alkanes) is 14. The molecule has 2 rings (SSSR count). The fourth-order valence-electron chi connectivity index (χ4n) is 10.5. The molecule has 98 heavy (non-hydrogen) atoms. The molecule has 2 saturated heterocycles. The normalized spacial score (nSPS) is 20.0. The number of rotatable bonds is 55. The molecule has 2 bridgehead atoms. The lowest BCUT2D eigenvalue weighted by molar-refractivity contribution is -0.142. The summed E-state index contributed by atoms with van der Waals surface area (Å²) in [5.41, 5.74) is 0. The summed E-state index contributed by atoms with van der Waals surface area (Å²) in [4.78, 5) is 167. The number of carbonyl (C=O) groups excluding carboxylic acids is 11. The first-order valence-electron chi connectivity index (χ1n) is 35.2. The second-order valence-corrected chi connectivity index (χ2v) is 34.9. The number of carbonyl (C=O) groups is 13. The van der Waals surface area contributed by atoms with Crippen LogP contribution in [-0.4, -0.2) is 191 Å². The van der Waals surface area contributed by atoms with E-state index in [4.69, 9.17) is 28.8 Å².